The molecule has 0 fully saturated rings. The lowest BCUT2D eigenvalue weighted by molar-refractivity contribution is 0.931. The van der Waals surface area contributed by atoms with Crippen LogP contribution < -0.4 is 10.2 Å². The molecular formula is C22H24N4. The Bertz CT molecular complexity index is 949. The van der Waals surface area contributed by atoms with E-state index in [-0.39, 0.29) is 0 Å². The van der Waals surface area contributed by atoms with E-state index in [4.69, 9.17) is 9.97 Å². The third kappa shape index (κ3) is 3.03. The molecule has 0 bridgehead atoms. The average Bonchev–Trinajstić information content (AvgIpc) is 3.07. The summed E-state index contributed by atoms with van der Waals surface area (Å²) in [5.74, 6) is 1.62. The van der Waals surface area contributed by atoms with E-state index < -0.39 is 0 Å². The molecule has 4 heteroatoms. The summed E-state index contributed by atoms with van der Waals surface area (Å²) >= 11 is 0. The topological polar surface area (TPSA) is 41.1 Å². The van der Waals surface area contributed by atoms with Gasteiger partial charge in [-0.15, -0.1) is 0 Å². The first-order valence-corrected chi connectivity index (χ1v) is 9.22. The third-order valence-electron chi connectivity index (χ3n) is 4.96. The second kappa shape index (κ2) is 6.79. The predicted octanol–water partition coefficient (Wildman–Crippen LogP) is 5.09. The maximum atomic E-state index is 4.83. The van der Waals surface area contributed by atoms with Gasteiger partial charge in [0.15, 0.2) is 0 Å². The van der Waals surface area contributed by atoms with E-state index in [0.29, 0.717) is 0 Å². The molecule has 3 aromatic rings. The third-order valence-corrected chi connectivity index (χ3v) is 4.96. The van der Waals surface area contributed by atoms with Gasteiger partial charge in [0, 0.05) is 29.7 Å². The Morgan fingerprint density at radius 3 is 2.73 bits per heavy atom. The predicted molar refractivity (Wildman–Crippen MR) is 108 cm³/mol. The lowest BCUT2D eigenvalue weighted by Crippen LogP contribution is -2.17. The standard InChI is InChI=1S/C22H24N4/c1-4-17-10-7-8-15(2)21(17)24-20-14-16(3)23-22(25-20)26-13-12-18-9-5-6-11-19(18)26/h5-11,14H,4,12-13H2,1-3H3,(H,23,24,25). The molecule has 0 aliphatic carbocycles. The fraction of sp³-hybridized carbons (Fsp3) is 0.273. The molecule has 4 rings (SSSR count). The normalized spacial score (nSPS) is 13.0. The van der Waals surface area contributed by atoms with Crippen LogP contribution in [0.15, 0.2) is 48.5 Å². The fourth-order valence-electron chi connectivity index (χ4n) is 3.61. The maximum Gasteiger partial charge on any atom is 0.232 e. The molecule has 1 N–H and O–H groups in total. The summed E-state index contributed by atoms with van der Waals surface area (Å²) in [5.41, 5.74) is 7.23. The highest BCUT2D eigenvalue weighted by atomic mass is 15.3. The van der Waals surface area contributed by atoms with Gasteiger partial charge in [-0.3, -0.25) is 0 Å². The Morgan fingerprint density at radius 2 is 1.88 bits per heavy atom. The van der Waals surface area contributed by atoms with Crippen LogP contribution in [0.3, 0.4) is 0 Å². The fourth-order valence-corrected chi connectivity index (χ4v) is 3.61. The van der Waals surface area contributed by atoms with Crippen LogP contribution >= 0.6 is 0 Å². The zero-order valence-electron chi connectivity index (χ0n) is 15.6. The van der Waals surface area contributed by atoms with Crippen molar-refractivity contribution < 1.29 is 0 Å². The molecule has 1 aliphatic rings. The van der Waals surface area contributed by atoms with E-state index in [1.165, 1.54) is 22.4 Å². The molecule has 1 aliphatic heterocycles. The second-order valence-corrected chi connectivity index (χ2v) is 6.81. The minimum atomic E-state index is 0.768. The molecule has 0 atom stereocenters. The van der Waals surface area contributed by atoms with Crippen LogP contribution in [0, 0.1) is 13.8 Å². The molecule has 0 saturated carbocycles. The molecule has 0 radical (unpaired) electrons. The summed E-state index contributed by atoms with van der Waals surface area (Å²) in [6.07, 6.45) is 2.02. The lowest BCUT2D eigenvalue weighted by atomic mass is 10.1. The van der Waals surface area contributed by atoms with E-state index in [1.54, 1.807) is 0 Å². The van der Waals surface area contributed by atoms with Gasteiger partial charge in [0.1, 0.15) is 5.82 Å². The van der Waals surface area contributed by atoms with E-state index >= 15 is 0 Å². The summed E-state index contributed by atoms with van der Waals surface area (Å²) in [6, 6.07) is 16.9. The summed E-state index contributed by atoms with van der Waals surface area (Å²) in [5, 5.41) is 3.54. The highest BCUT2D eigenvalue weighted by Gasteiger charge is 2.22. The van der Waals surface area contributed by atoms with Crippen molar-refractivity contribution in [2.24, 2.45) is 0 Å². The van der Waals surface area contributed by atoms with Gasteiger partial charge in [0.05, 0.1) is 0 Å². The van der Waals surface area contributed by atoms with Gasteiger partial charge in [0.2, 0.25) is 5.95 Å². The molecule has 4 nitrogen and oxygen atoms in total. The van der Waals surface area contributed by atoms with Crippen LogP contribution in [0.25, 0.3) is 0 Å². The van der Waals surface area contributed by atoms with Crippen molar-refractivity contribution in [1.29, 1.82) is 0 Å². The Hall–Kier alpha value is -2.88. The number of anilines is 4. The molecule has 26 heavy (non-hydrogen) atoms. The van der Waals surface area contributed by atoms with Crippen molar-refractivity contribution in [1.82, 2.24) is 9.97 Å². The van der Waals surface area contributed by atoms with Gasteiger partial charge in [-0.1, -0.05) is 43.3 Å². The Labute approximate surface area is 154 Å². The van der Waals surface area contributed by atoms with E-state index in [9.17, 15) is 0 Å². The molecule has 132 valence electrons. The number of hydrogen-bond donors (Lipinski definition) is 1. The maximum absolute atomic E-state index is 4.83. The number of rotatable bonds is 4. The minimum Gasteiger partial charge on any atom is -0.340 e. The van der Waals surface area contributed by atoms with Crippen LogP contribution in [0.2, 0.25) is 0 Å². The molecule has 0 unspecified atom stereocenters. The highest BCUT2D eigenvalue weighted by Crippen LogP contribution is 2.33. The number of nitrogens with zero attached hydrogens (tertiary/aromatic N) is 3. The summed E-state index contributed by atoms with van der Waals surface area (Å²) < 4.78 is 0. The molecule has 1 aromatic heterocycles. The lowest BCUT2D eigenvalue weighted by Gasteiger charge is -2.19. The van der Waals surface area contributed by atoms with Crippen LogP contribution in [0.4, 0.5) is 23.1 Å². The molecular weight excluding hydrogens is 320 g/mol. The molecule has 0 amide bonds. The average molecular weight is 344 g/mol. The van der Waals surface area contributed by atoms with Gasteiger partial charge in [-0.05, 0) is 49.4 Å². The minimum absolute atomic E-state index is 0.768. The Kier molecular flexibility index (Phi) is 4.33. The van der Waals surface area contributed by atoms with Gasteiger partial charge in [-0.2, -0.15) is 4.98 Å². The zero-order valence-corrected chi connectivity index (χ0v) is 15.6. The van der Waals surface area contributed by atoms with E-state index in [2.05, 4.69) is 66.5 Å². The second-order valence-electron chi connectivity index (χ2n) is 6.81. The van der Waals surface area contributed by atoms with E-state index in [1.807, 2.05) is 13.0 Å². The van der Waals surface area contributed by atoms with Crippen molar-refractivity contribution >= 4 is 23.1 Å². The summed E-state index contributed by atoms with van der Waals surface area (Å²) in [4.78, 5) is 11.7. The number of aromatic nitrogens is 2. The number of nitrogens with one attached hydrogen (secondary N) is 1. The molecule has 0 saturated heterocycles. The molecule has 0 spiro atoms. The number of benzene rings is 2. The van der Waals surface area contributed by atoms with Crippen molar-refractivity contribution in [2.75, 3.05) is 16.8 Å². The first-order chi connectivity index (χ1) is 12.7. The summed E-state index contributed by atoms with van der Waals surface area (Å²) in [7, 11) is 0. The summed E-state index contributed by atoms with van der Waals surface area (Å²) in [6.45, 7) is 7.26. The van der Waals surface area contributed by atoms with Gasteiger partial charge in [0.25, 0.3) is 0 Å². The monoisotopic (exact) mass is 344 g/mol. The van der Waals surface area contributed by atoms with Gasteiger partial charge < -0.3 is 10.2 Å². The van der Waals surface area contributed by atoms with Crippen LogP contribution in [-0.4, -0.2) is 16.5 Å². The first-order valence-electron chi connectivity index (χ1n) is 9.22. The molecule has 2 heterocycles. The van der Waals surface area contributed by atoms with E-state index in [0.717, 1.165) is 42.5 Å². The number of hydrogen-bond acceptors (Lipinski definition) is 4. The number of aryl methyl sites for hydroxylation is 3. The number of fused-ring (bicyclic) bond motifs is 1. The smallest absolute Gasteiger partial charge is 0.232 e. The Balaban J connectivity index is 1.70. The van der Waals surface area contributed by atoms with Crippen molar-refractivity contribution in [2.45, 2.75) is 33.6 Å². The number of para-hydroxylation sites is 2. The highest BCUT2D eigenvalue weighted by molar-refractivity contribution is 5.69. The molecule has 2 aromatic carbocycles. The first kappa shape index (κ1) is 16.6. The zero-order chi connectivity index (χ0) is 18.1. The Morgan fingerprint density at radius 1 is 1.04 bits per heavy atom. The van der Waals surface area contributed by atoms with Crippen LogP contribution in [-0.2, 0) is 12.8 Å². The van der Waals surface area contributed by atoms with Crippen molar-refractivity contribution in [3.05, 3.63) is 70.9 Å². The largest absolute Gasteiger partial charge is 0.340 e. The van der Waals surface area contributed by atoms with Gasteiger partial charge >= 0.3 is 0 Å². The van der Waals surface area contributed by atoms with Crippen LogP contribution in [0.1, 0.15) is 29.3 Å². The quantitative estimate of drug-likeness (QED) is 0.715. The van der Waals surface area contributed by atoms with Crippen LogP contribution in [0.5, 0.6) is 0 Å². The SMILES string of the molecule is CCc1cccc(C)c1Nc1cc(C)nc(N2CCc3ccccc32)n1. The van der Waals surface area contributed by atoms with Crippen molar-refractivity contribution in [3.8, 4) is 0 Å². The van der Waals surface area contributed by atoms with Crippen molar-refractivity contribution in [3.63, 3.8) is 0 Å². The van der Waals surface area contributed by atoms with Gasteiger partial charge in [-0.25, -0.2) is 4.98 Å².